The molecule has 1 heterocycles. The summed E-state index contributed by atoms with van der Waals surface area (Å²) in [6, 6.07) is 6.14. The lowest BCUT2D eigenvalue weighted by molar-refractivity contribution is 0.0740. The number of nitrogens with one attached hydrogen (secondary N) is 2. The summed E-state index contributed by atoms with van der Waals surface area (Å²) in [7, 11) is 1.56. The summed E-state index contributed by atoms with van der Waals surface area (Å²) >= 11 is 0. The lowest BCUT2D eigenvalue weighted by Gasteiger charge is -2.25. The molecule has 21 heavy (non-hydrogen) atoms. The van der Waals surface area contributed by atoms with Gasteiger partial charge < -0.3 is 15.0 Å². The zero-order chi connectivity index (χ0) is 15.6. The molecule has 1 amide bonds. The van der Waals surface area contributed by atoms with Crippen LogP contribution >= 0.6 is 0 Å². The molecule has 0 fully saturated rings. The molecule has 2 rings (SSSR count). The number of amides is 1. The standard InChI is InChI=1S/C14H15N3O4/c1-8(9-3-5-10(18)6-4-9)17(2)13(20)11-7-15-14(21)16-12(11)19/h3-8,18H,1-2H3,(H2,15,16,19,21). The maximum Gasteiger partial charge on any atom is 0.325 e. The number of benzene rings is 1. The molecule has 3 N–H and O–H groups in total. The number of carbonyl (C=O) groups excluding carboxylic acids is 1. The van der Waals surface area contributed by atoms with E-state index in [1.807, 2.05) is 4.98 Å². The fraction of sp³-hybridized carbons (Fsp3) is 0.214. The fourth-order valence-electron chi connectivity index (χ4n) is 1.91. The van der Waals surface area contributed by atoms with Crippen LogP contribution in [0.5, 0.6) is 5.75 Å². The van der Waals surface area contributed by atoms with Gasteiger partial charge in [0, 0.05) is 13.2 Å². The van der Waals surface area contributed by atoms with Gasteiger partial charge in [0.1, 0.15) is 11.3 Å². The van der Waals surface area contributed by atoms with Crippen molar-refractivity contribution in [3.8, 4) is 5.75 Å². The highest BCUT2D eigenvalue weighted by atomic mass is 16.3. The molecular formula is C14H15N3O4. The van der Waals surface area contributed by atoms with E-state index in [4.69, 9.17) is 0 Å². The Morgan fingerprint density at radius 3 is 2.43 bits per heavy atom. The summed E-state index contributed by atoms with van der Waals surface area (Å²) in [6.07, 6.45) is 1.10. The smallest absolute Gasteiger partial charge is 0.325 e. The second-order valence-corrected chi connectivity index (χ2v) is 4.67. The van der Waals surface area contributed by atoms with Gasteiger partial charge in [-0.15, -0.1) is 0 Å². The summed E-state index contributed by atoms with van der Waals surface area (Å²) in [6.45, 7) is 1.80. The second-order valence-electron chi connectivity index (χ2n) is 4.67. The van der Waals surface area contributed by atoms with Gasteiger partial charge in [0.15, 0.2) is 0 Å². The zero-order valence-electron chi connectivity index (χ0n) is 11.6. The van der Waals surface area contributed by atoms with E-state index in [-0.39, 0.29) is 17.4 Å². The van der Waals surface area contributed by atoms with Crippen LogP contribution in [0.1, 0.15) is 28.9 Å². The molecule has 0 aliphatic carbocycles. The lowest BCUT2D eigenvalue weighted by atomic mass is 10.1. The molecule has 0 radical (unpaired) electrons. The number of aromatic nitrogens is 2. The molecule has 0 aliphatic heterocycles. The van der Waals surface area contributed by atoms with Crippen LogP contribution in [0.4, 0.5) is 0 Å². The number of hydrogen-bond acceptors (Lipinski definition) is 4. The second kappa shape index (κ2) is 5.66. The maximum atomic E-state index is 12.3. The Bertz CT molecular complexity index is 761. The average Bonchev–Trinajstić information content (AvgIpc) is 2.46. The van der Waals surface area contributed by atoms with Gasteiger partial charge in [-0.05, 0) is 24.6 Å². The van der Waals surface area contributed by atoms with E-state index in [0.29, 0.717) is 0 Å². The number of carbonyl (C=O) groups is 1. The molecule has 1 aromatic carbocycles. The molecule has 1 unspecified atom stereocenters. The molecule has 0 bridgehead atoms. The number of aromatic hydroxyl groups is 1. The lowest BCUT2D eigenvalue weighted by Crippen LogP contribution is -2.36. The molecule has 7 heteroatoms. The minimum atomic E-state index is -0.728. The summed E-state index contributed by atoms with van der Waals surface area (Å²) in [5.74, 6) is -0.370. The normalized spacial score (nSPS) is 11.9. The molecule has 0 spiro atoms. The van der Waals surface area contributed by atoms with Crippen LogP contribution in [0.2, 0.25) is 0 Å². The van der Waals surface area contributed by atoms with Crippen molar-refractivity contribution < 1.29 is 9.90 Å². The van der Waals surface area contributed by atoms with Gasteiger partial charge in [0.05, 0.1) is 6.04 Å². The van der Waals surface area contributed by atoms with Gasteiger partial charge in [-0.2, -0.15) is 0 Å². The van der Waals surface area contributed by atoms with Crippen LogP contribution in [0.3, 0.4) is 0 Å². The van der Waals surface area contributed by atoms with Crippen molar-refractivity contribution in [2.45, 2.75) is 13.0 Å². The van der Waals surface area contributed by atoms with Crippen LogP contribution in [-0.4, -0.2) is 32.9 Å². The van der Waals surface area contributed by atoms with Crippen LogP contribution in [0, 0.1) is 0 Å². The van der Waals surface area contributed by atoms with E-state index in [1.165, 1.54) is 17.0 Å². The quantitative estimate of drug-likeness (QED) is 0.769. The largest absolute Gasteiger partial charge is 0.508 e. The SMILES string of the molecule is CC(c1ccc(O)cc1)N(C)C(=O)c1c[nH]c(=O)[nH]c1=O. The van der Waals surface area contributed by atoms with E-state index in [2.05, 4.69) is 4.98 Å². The maximum absolute atomic E-state index is 12.3. The van der Waals surface area contributed by atoms with Crippen molar-refractivity contribution in [1.29, 1.82) is 0 Å². The van der Waals surface area contributed by atoms with Crippen molar-refractivity contribution in [2.24, 2.45) is 0 Å². The minimum Gasteiger partial charge on any atom is -0.508 e. The Hall–Kier alpha value is -2.83. The third-order valence-corrected chi connectivity index (χ3v) is 3.33. The molecule has 110 valence electrons. The average molecular weight is 289 g/mol. The number of nitrogens with zero attached hydrogens (tertiary/aromatic N) is 1. The molecule has 0 saturated carbocycles. The van der Waals surface area contributed by atoms with Gasteiger partial charge in [-0.3, -0.25) is 14.6 Å². The molecule has 7 nitrogen and oxygen atoms in total. The first-order valence-corrected chi connectivity index (χ1v) is 6.28. The van der Waals surface area contributed by atoms with E-state index in [0.717, 1.165) is 11.8 Å². The van der Waals surface area contributed by atoms with Crippen LogP contribution in [0.15, 0.2) is 40.1 Å². The predicted octanol–water partition coefficient (Wildman–Crippen LogP) is 0.602. The predicted molar refractivity (Wildman–Crippen MR) is 76.3 cm³/mol. The minimum absolute atomic E-state index is 0.136. The fourth-order valence-corrected chi connectivity index (χ4v) is 1.91. The van der Waals surface area contributed by atoms with Crippen molar-refractivity contribution in [3.05, 3.63) is 62.4 Å². The molecule has 2 aromatic rings. The Labute approximate surface area is 119 Å². The molecule has 0 saturated heterocycles. The van der Waals surface area contributed by atoms with Gasteiger partial charge in [0.25, 0.3) is 11.5 Å². The van der Waals surface area contributed by atoms with Gasteiger partial charge in [0.2, 0.25) is 0 Å². The van der Waals surface area contributed by atoms with Gasteiger partial charge in [-0.1, -0.05) is 12.1 Å². The highest BCUT2D eigenvalue weighted by Gasteiger charge is 2.21. The van der Waals surface area contributed by atoms with E-state index < -0.39 is 17.2 Å². The van der Waals surface area contributed by atoms with E-state index in [9.17, 15) is 19.5 Å². The number of phenolic OH excluding ortho intramolecular Hbond substituents is 1. The molecule has 1 aromatic heterocycles. The number of phenols is 1. The number of rotatable bonds is 3. The summed E-state index contributed by atoms with van der Waals surface area (Å²) in [4.78, 5) is 40.6. The van der Waals surface area contributed by atoms with Crippen molar-refractivity contribution in [3.63, 3.8) is 0 Å². The van der Waals surface area contributed by atoms with E-state index in [1.54, 1.807) is 26.1 Å². The van der Waals surface area contributed by atoms with Gasteiger partial charge in [-0.25, -0.2) is 4.79 Å². The first-order valence-electron chi connectivity index (χ1n) is 6.28. The monoisotopic (exact) mass is 289 g/mol. The topological polar surface area (TPSA) is 106 Å². The molecule has 0 aliphatic rings. The highest BCUT2D eigenvalue weighted by molar-refractivity contribution is 5.93. The number of H-pyrrole nitrogens is 2. The molecule has 1 atom stereocenters. The Morgan fingerprint density at radius 1 is 1.24 bits per heavy atom. The third kappa shape index (κ3) is 3.02. The summed E-state index contributed by atoms with van der Waals surface area (Å²) < 4.78 is 0. The van der Waals surface area contributed by atoms with Crippen LogP contribution in [0.25, 0.3) is 0 Å². The molecular weight excluding hydrogens is 274 g/mol. The number of aromatic amines is 2. The van der Waals surface area contributed by atoms with E-state index >= 15 is 0 Å². The number of hydrogen-bond donors (Lipinski definition) is 3. The first-order chi connectivity index (χ1) is 9.90. The third-order valence-electron chi connectivity index (χ3n) is 3.33. The van der Waals surface area contributed by atoms with Crippen molar-refractivity contribution >= 4 is 5.91 Å². The zero-order valence-corrected chi connectivity index (χ0v) is 11.6. The Morgan fingerprint density at radius 2 is 1.86 bits per heavy atom. The highest BCUT2D eigenvalue weighted by Crippen LogP contribution is 2.21. The Balaban J connectivity index is 2.28. The first kappa shape index (κ1) is 14.6. The van der Waals surface area contributed by atoms with Crippen LogP contribution < -0.4 is 11.2 Å². The van der Waals surface area contributed by atoms with Crippen molar-refractivity contribution in [2.75, 3.05) is 7.05 Å². The summed E-state index contributed by atoms with van der Waals surface area (Å²) in [5, 5.41) is 9.27. The van der Waals surface area contributed by atoms with Gasteiger partial charge >= 0.3 is 5.69 Å². The Kier molecular flexibility index (Phi) is 3.93. The summed E-state index contributed by atoms with van der Waals surface area (Å²) in [5.41, 5.74) is -0.716. The van der Waals surface area contributed by atoms with Crippen LogP contribution in [-0.2, 0) is 0 Å². The van der Waals surface area contributed by atoms with Crippen molar-refractivity contribution in [1.82, 2.24) is 14.9 Å².